The third-order valence-corrected chi connectivity index (χ3v) is 5.45. The van der Waals surface area contributed by atoms with Crippen LogP contribution in [0.15, 0.2) is 69.9 Å². The van der Waals surface area contributed by atoms with Crippen molar-refractivity contribution in [1.29, 1.82) is 0 Å². The van der Waals surface area contributed by atoms with Crippen LogP contribution in [0.1, 0.15) is 5.56 Å². The molecule has 1 aliphatic rings. The summed E-state index contributed by atoms with van der Waals surface area (Å²) in [5, 5.41) is 1.61. The molecule has 1 aromatic heterocycles. The van der Waals surface area contributed by atoms with Crippen molar-refractivity contribution in [2.24, 2.45) is 0 Å². The molecule has 0 atom stereocenters. The Morgan fingerprint density at radius 2 is 1.67 bits per heavy atom. The molecule has 0 bridgehead atoms. The topological polar surface area (TPSA) is 57.9 Å². The van der Waals surface area contributed by atoms with E-state index < -0.39 is 5.63 Å². The summed E-state index contributed by atoms with van der Waals surface area (Å²) in [7, 11) is 0. The molecule has 0 aliphatic carbocycles. The summed E-state index contributed by atoms with van der Waals surface area (Å²) in [6, 6.07) is 17.8. The Balaban J connectivity index is 1.51. The Bertz CT molecular complexity index is 1310. The molecule has 3 aromatic carbocycles. The number of hydrogen-bond donors (Lipinski definition) is 0. The van der Waals surface area contributed by atoms with Crippen LogP contribution in [-0.4, -0.2) is 6.79 Å². The van der Waals surface area contributed by atoms with Crippen molar-refractivity contribution < 1.29 is 18.6 Å². The predicted octanol–water partition coefficient (Wildman–Crippen LogP) is 6.07. The van der Waals surface area contributed by atoms with Crippen LogP contribution in [0.5, 0.6) is 17.2 Å². The molecule has 30 heavy (non-hydrogen) atoms. The number of benzene rings is 3. The van der Waals surface area contributed by atoms with Crippen LogP contribution < -0.4 is 19.8 Å². The Kier molecular flexibility index (Phi) is 4.77. The lowest BCUT2D eigenvalue weighted by Gasteiger charge is -2.12. The fourth-order valence-corrected chi connectivity index (χ4v) is 3.78. The minimum atomic E-state index is -0.451. The van der Waals surface area contributed by atoms with Gasteiger partial charge in [0.05, 0.1) is 10.0 Å². The Labute approximate surface area is 181 Å². The second kappa shape index (κ2) is 7.59. The first-order valence-corrected chi connectivity index (χ1v) is 9.88. The highest BCUT2D eigenvalue weighted by Gasteiger charge is 2.18. The van der Waals surface area contributed by atoms with Crippen molar-refractivity contribution in [2.45, 2.75) is 6.61 Å². The minimum absolute atomic E-state index is 0.156. The van der Waals surface area contributed by atoms with E-state index in [0.29, 0.717) is 32.9 Å². The largest absolute Gasteiger partial charge is 0.487 e. The number of rotatable bonds is 4. The van der Waals surface area contributed by atoms with Gasteiger partial charge in [0.15, 0.2) is 11.5 Å². The van der Waals surface area contributed by atoms with Crippen molar-refractivity contribution in [3.8, 4) is 28.4 Å². The van der Waals surface area contributed by atoms with E-state index in [9.17, 15) is 4.79 Å². The molecule has 0 N–H and O–H groups in total. The molecule has 0 saturated carbocycles. The van der Waals surface area contributed by atoms with E-state index in [2.05, 4.69) is 0 Å². The molecule has 5 rings (SSSR count). The molecular formula is C23H14Cl2O5. The zero-order chi connectivity index (χ0) is 20.7. The Morgan fingerprint density at radius 1 is 0.900 bits per heavy atom. The molecule has 0 unspecified atom stereocenters. The lowest BCUT2D eigenvalue weighted by Crippen LogP contribution is -2.00. The summed E-state index contributed by atoms with van der Waals surface area (Å²) < 4.78 is 22.0. The molecule has 0 saturated heterocycles. The van der Waals surface area contributed by atoms with Gasteiger partial charge >= 0.3 is 5.63 Å². The molecule has 2 heterocycles. The van der Waals surface area contributed by atoms with E-state index in [1.165, 1.54) is 6.07 Å². The first kappa shape index (κ1) is 18.9. The number of ether oxygens (including phenoxy) is 3. The lowest BCUT2D eigenvalue weighted by molar-refractivity contribution is 0.174. The molecule has 0 amide bonds. The minimum Gasteiger partial charge on any atom is -0.487 e. The van der Waals surface area contributed by atoms with Crippen molar-refractivity contribution in [1.82, 2.24) is 0 Å². The monoisotopic (exact) mass is 440 g/mol. The van der Waals surface area contributed by atoms with Gasteiger partial charge in [0.1, 0.15) is 17.9 Å². The molecule has 4 aromatic rings. The highest BCUT2D eigenvalue weighted by atomic mass is 35.5. The summed E-state index contributed by atoms with van der Waals surface area (Å²) in [5.74, 6) is 1.59. The average molecular weight is 441 g/mol. The Morgan fingerprint density at radius 3 is 2.47 bits per heavy atom. The zero-order valence-electron chi connectivity index (χ0n) is 15.5. The molecule has 5 nitrogen and oxygen atoms in total. The smallest absolute Gasteiger partial charge is 0.336 e. The fraction of sp³-hybridized carbons (Fsp3) is 0.0870. The van der Waals surface area contributed by atoms with Crippen LogP contribution in [0.2, 0.25) is 10.0 Å². The normalized spacial score (nSPS) is 12.3. The van der Waals surface area contributed by atoms with Gasteiger partial charge in [-0.15, -0.1) is 0 Å². The number of hydrogen-bond acceptors (Lipinski definition) is 5. The van der Waals surface area contributed by atoms with Crippen LogP contribution in [0, 0.1) is 0 Å². The second-order valence-electron chi connectivity index (χ2n) is 6.71. The van der Waals surface area contributed by atoms with E-state index in [1.807, 2.05) is 30.3 Å². The maximum absolute atomic E-state index is 12.1. The summed E-state index contributed by atoms with van der Waals surface area (Å²) in [6.07, 6.45) is 0. The molecule has 1 aliphatic heterocycles. The van der Waals surface area contributed by atoms with Crippen molar-refractivity contribution >= 4 is 34.2 Å². The third kappa shape index (κ3) is 3.47. The number of fused-ring (bicyclic) bond motifs is 2. The predicted molar refractivity (Wildman–Crippen MR) is 115 cm³/mol. The summed E-state index contributed by atoms with van der Waals surface area (Å²) >= 11 is 12.8. The lowest BCUT2D eigenvalue weighted by atomic mass is 10.0. The van der Waals surface area contributed by atoms with Crippen LogP contribution in [0.25, 0.3) is 22.1 Å². The van der Waals surface area contributed by atoms with Crippen molar-refractivity contribution in [3.63, 3.8) is 0 Å². The maximum atomic E-state index is 12.1. The van der Waals surface area contributed by atoms with E-state index >= 15 is 0 Å². The summed E-state index contributed by atoms with van der Waals surface area (Å²) in [5.41, 5.74) is 2.30. The van der Waals surface area contributed by atoms with Gasteiger partial charge in [-0.25, -0.2) is 4.79 Å². The quantitative estimate of drug-likeness (QED) is 0.360. The number of halogens is 2. The van der Waals surface area contributed by atoms with Crippen LogP contribution >= 0.6 is 23.2 Å². The van der Waals surface area contributed by atoms with Crippen molar-refractivity contribution in [2.75, 3.05) is 6.79 Å². The maximum Gasteiger partial charge on any atom is 0.336 e. The highest BCUT2D eigenvalue weighted by Crippen LogP contribution is 2.38. The van der Waals surface area contributed by atoms with Gasteiger partial charge in [0, 0.05) is 29.1 Å². The highest BCUT2D eigenvalue weighted by molar-refractivity contribution is 6.33. The second-order valence-corrected chi connectivity index (χ2v) is 7.52. The molecule has 0 fully saturated rings. The van der Waals surface area contributed by atoms with Gasteiger partial charge in [-0.05, 0) is 23.3 Å². The first-order chi connectivity index (χ1) is 14.6. The van der Waals surface area contributed by atoms with E-state index in [4.69, 9.17) is 41.8 Å². The van der Waals surface area contributed by atoms with Crippen LogP contribution in [-0.2, 0) is 6.61 Å². The molecule has 0 spiro atoms. The van der Waals surface area contributed by atoms with Gasteiger partial charge < -0.3 is 18.6 Å². The summed E-state index contributed by atoms with van der Waals surface area (Å²) in [6.45, 7) is 0.318. The molecular weight excluding hydrogens is 427 g/mol. The molecule has 7 heteroatoms. The van der Waals surface area contributed by atoms with Gasteiger partial charge in [0.25, 0.3) is 0 Å². The zero-order valence-corrected chi connectivity index (χ0v) is 17.0. The van der Waals surface area contributed by atoms with Crippen molar-refractivity contribution in [3.05, 3.63) is 86.7 Å². The van der Waals surface area contributed by atoms with E-state index in [-0.39, 0.29) is 13.4 Å². The fourth-order valence-electron chi connectivity index (χ4n) is 3.36. The van der Waals surface area contributed by atoms with Gasteiger partial charge in [-0.1, -0.05) is 53.5 Å². The van der Waals surface area contributed by atoms with Gasteiger partial charge in [-0.3, -0.25) is 0 Å². The Hall–Kier alpha value is -3.15. The van der Waals surface area contributed by atoms with Gasteiger partial charge in [0.2, 0.25) is 6.79 Å². The summed E-state index contributed by atoms with van der Waals surface area (Å²) in [4.78, 5) is 12.1. The standard InChI is InChI=1S/C23H14Cl2O5/c24-17-9-22-21(28-12-29-22)6-14(17)11-27-20-10-19-16(7-18(20)25)15(8-23(26)30-19)13-4-2-1-3-5-13/h1-10H,11-12H2. The molecule has 150 valence electrons. The van der Waals surface area contributed by atoms with E-state index in [1.54, 1.807) is 24.3 Å². The van der Waals surface area contributed by atoms with E-state index in [0.717, 1.165) is 22.1 Å². The first-order valence-electron chi connectivity index (χ1n) is 9.12. The van der Waals surface area contributed by atoms with Crippen LogP contribution in [0.3, 0.4) is 0 Å². The van der Waals surface area contributed by atoms with Crippen LogP contribution in [0.4, 0.5) is 0 Å². The SMILES string of the molecule is O=c1cc(-c2ccccc2)c2cc(Cl)c(OCc3cc4c(cc3Cl)OCO4)cc2o1. The van der Waals surface area contributed by atoms with Gasteiger partial charge in [-0.2, -0.15) is 0 Å². The molecule has 0 radical (unpaired) electrons. The average Bonchev–Trinajstić information content (AvgIpc) is 3.19. The third-order valence-electron chi connectivity index (χ3n) is 4.81.